The third-order valence-corrected chi connectivity index (χ3v) is 0.682. The van der Waals surface area contributed by atoms with E-state index in [0.717, 1.165) is 0 Å². The van der Waals surface area contributed by atoms with Crippen molar-refractivity contribution in [2.45, 2.75) is 311 Å². The Balaban J connectivity index is -0.0000000100. The van der Waals surface area contributed by atoms with Gasteiger partial charge < -0.3 is 137 Å². The van der Waals surface area contributed by atoms with Crippen LogP contribution in [0.25, 0.3) is 0 Å². The Morgan fingerprint density at radius 1 is 0.241 bits per heavy atom. The van der Waals surface area contributed by atoms with Crippen LogP contribution in [0, 0.1) is 37.1 Å². The van der Waals surface area contributed by atoms with E-state index in [4.69, 9.17) is 56.2 Å². The van der Waals surface area contributed by atoms with E-state index < -0.39 is 61.6 Å². The fraction of sp³-hybridized carbons (Fsp3) is 0.887. The summed E-state index contributed by atoms with van der Waals surface area (Å²) in [5.41, 5.74) is -5.83. The van der Waals surface area contributed by atoms with Crippen molar-refractivity contribution < 1.29 is 239 Å². The van der Waals surface area contributed by atoms with Crippen LogP contribution in [0.1, 0.15) is 250 Å². The van der Waals surface area contributed by atoms with Crippen LogP contribution in [0.2, 0.25) is 0 Å². The average molecular weight is 1670 g/mol. The normalized spacial score (nSPS) is 8.76. The second-order valence-electron chi connectivity index (χ2n) is 24.4. The maximum atomic E-state index is 10.3. The number of ketones is 1. The summed E-state index contributed by atoms with van der Waals surface area (Å²) < 4.78 is 0. The maximum absolute atomic E-state index is 10.3. The van der Waals surface area contributed by atoms with Crippen LogP contribution in [0.5, 0.6) is 0 Å². The van der Waals surface area contributed by atoms with Crippen molar-refractivity contribution in [3.63, 3.8) is 0 Å². The van der Waals surface area contributed by atoms with E-state index in [1.165, 1.54) is 6.92 Å². The van der Waals surface area contributed by atoms with Crippen molar-refractivity contribution >= 4 is 5.78 Å². The zero-order chi connectivity index (χ0) is 51.8. The smallest absolute Gasteiger partial charge is 0.412 e. The Bertz CT molecular complexity index is 628. The van der Waals surface area contributed by atoms with E-state index in [1.807, 2.05) is 0 Å². The Hall–Kier alpha value is 3.35. The van der Waals surface area contributed by atoms with Gasteiger partial charge >= 0.3 is 44.8 Å². The molecule has 0 heterocycles. The quantitative estimate of drug-likeness (QED) is 0.122. The van der Waals surface area contributed by atoms with Crippen LogP contribution in [0.15, 0.2) is 0 Å². The number of carbonyl (C=O) groups excluding carboxylic acids is 1. The summed E-state index contributed by atoms with van der Waals surface area (Å²) in [5.74, 6) is 0.0255. The first-order valence-corrected chi connectivity index (χ1v) is 19.9. The molecule has 0 aliphatic rings. The molecular weight excluding hydrogens is 1510 g/mol. The molecule has 6 radical (unpaired) electrons. The molecule has 0 aliphatic heterocycles. The largest absolute Gasteiger partial charge is 2.00 e. The first-order valence-electron chi connectivity index (χ1n) is 19.9. The summed E-state index contributed by atoms with van der Waals surface area (Å²) in [7, 11) is 0. The summed E-state index contributed by atoms with van der Waals surface area (Å²) in [6.45, 7) is 57.0. The molecule has 0 aromatic carbocycles. The van der Waals surface area contributed by atoms with Crippen molar-refractivity contribution in [2.24, 2.45) is 0 Å². The molecule has 0 saturated heterocycles. The average Bonchev–Trinajstić information content (AvgIpc) is 2.50. The molecule has 0 fully saturated rings. The molecule has 0 amide bonds. The molecule has 0 spiro atoms. The van der Waals surface area contributed by atoms with Gasteiger partial charge in [-0.15, -0.1) is 0 Å². The molecule has 0 aromatic rings. The molecule has 514 valence electrons. The number of Topliss-reactive ketones (excluding diaryl/α,β-unsaturated/α-hetero) is 1. The molecule has 20 nitrogen and oxygen atoms in total. The Morgan fingerprint density at radius 2 is 0.278 bits per heavy atom. The number of carbonyl (C=O) groups is 1. The fourth-order valence-corrected chi connectivity index (χ4v) is 0.609. The van der Waals surface area contributed by atoms with Crippen molar-refractivity contribution in [3.05, 3.63) is 37.1 Å². The molecule has 26 heteroatoms. The third-order valence-electron chi connectivity index (χ3n) is 0.682. The summed E-state index contributed by atoms with van der Waals surface area (Å²) in [6, 6.07) is 0. The number of hydrogen-bond acceptors (Lipinski definition) is 12. The third kappa shape index (κ3) is 7340. The van der Waals surface area contributed by atoms with E-state index in [0.29, 0.717) is 0 Å². The van der Waals surface area contributed by atoms with Gasteiger partial charge in [-0.1, -0.05) is 14.9 Å². The molecule has 0 rings (SSSR count). The van der Waals surface area contributed by atoms with Crippen LogP contribution in [0.3, 0.4) is 0 Å². The topological polar surface area (TPSA) is 492 Å². The standard InChI is InChI=1S/C6H12O2.10C4H10O.2CH4.5CH3.6Nb.8H2O/c1-5(7)4-6(2,3)8;10*1-4(2,3)5;;;;;;;;;;;;;;;;;;;;;/h8H,4H2,1-3H3;10*5H,1-3H3;2*1H4;5*1H3;;;;;;;8*1H2/q;;;;;;;;;;;;;5*-1;;;;;2*+2;;;;;;;;. The Morgan fingerprint density at radius 3 is 0.278 bits per heavy atom. The predicted molar refractivity (Wildman–Crippen MR) is 326 cm³/mol. The molecule has 0 aromatic heterocycles. The number of hydrogen-bond donors (Lipinski definition) is 11. The van der Waals surface area contributed by atoms with Crippen molar-refractivity contribution in [1.29, 1.82) is 0 Å². The van der Waals surface area contributed by atoms with E-state index >= 15 is 0 Å². The summed E-state index contributed by atoms with van der Waals surface area (Å²) in [4.78, 5) is 10.3. The number of rotatable bonds is 2. The minimum absolute atomic E-state index is 0. The van der Waals surface area contributed by atoms with Crippen molar-refractivity contribution in [2.75, 3.05) is 0 Å². The van der Waals surface area contributed by atoms with Crippen LogP contribution in [-0.2, 0) is 139 Å². The minimum Gasteiger partial charge on any atom is -0.412 e. The van der Waals surface area contributed by atoms with E-state index in [9.17, 15) is 4.79 Å². The van der Waals surface area contributed by atoms with E-state index in [-0.39, 0.29) is 242 Å². The molecular formula is C53H151Nb6O20-. The minimum atomic E-state index is -0.828. The first kappa shape index (κ1) is 215. The van der Waals surface area contributed by atoms with Gasteiger partial charge in [-0.3, -0.25) is 4.79 Å². The molecule has 27 N–H and O–H groups in total. The van der Waals surface area contributed by atoms with Crippen LogP contribution in [0.4, 0.5) is 0 Å². The van der Waals surface area contributed by atoms with Gasteiger partial charge in [-0.2, -0.15) is 0 Å². The summed E-state index contributed by atoms with van der Waals surface area (Å²) in [5, 5.41) is 94.2. The first-order chi connectivity index (χ1) is 23.4. The molecule has 0 saturated carbocycles. The van der Waals surface area contributed by atoms with E-state index in [2.05, 4.69) is 0 Å². The monoisotopic (exact) mass is 1670 g/mol. The summed E-state index contributed by atoms with van der Waals surface area (Å²) in [6.07, 6.45) is 0.243. The zero-order valence-corrected chi connectivity index (χ0v) is 69.9. The summed E-state index contributed by atoms with van der Waals surface area (Å²) >= 11 is 0. The predicted octanol–water partition coefficient (Wildman–Crippen LogP) is 5.42. The van der Waals surface area contributed by atoms with Crippen LogP contribution in [-0.4, -0.2) is 167 Å². The van der Waals surface area contributed by atoms with Crippen LogP contribution < -0.4 is 0 Å². The van der Waals surface area contributed by atoms with Gasteiger partial charge in [0.1, 0.15) is 5.78 Å². The molecule has 79 heavy (non-hydrogen) atoms. The molecule has 0 unspecified atom stereocenters. The van der Waals surface area contributed by atoms with Gasteiger partial charge in [0.05, 0.1) is 61.6 Å². The molecule has 0 atom stereocenters. The van der Waals surface area contributed by atoms with Gasteiger partial charge in [0.15, 0.2) is 0 Å². The van der Waals surface area contributed by atoms with Crippen molar-refractivity contribution in [3.8, 4) is 0 Å². The zero-order valence-electron chi connectivity index (χ0n) is 56.7. The Labute approximate surface area is 587 Å². The van der Waals surface area contributed by atoms with Gasteiger partial charge in [0, 0.05) is 95.9 Å². The second-order valence-corrected chi connectivity index (χ2v) is 24.4. The molecule has 0 aliphatic carbocycles. The maximum Gasteiger partial charge on any atom is 2.00 e. The van der Waals surface area contributed by atoms with Gasteiger partial charge in [0.2, 0.25) is 0 Å². The van der Waals surface area contributed by atoms with E-state index in [1.54, 1.807) is 222 Å². The SMILES string of the molecule is C.C.CC(=O)CC(C)(C)O.CC(C)(C)O.CC(C)(C)O.CC(C)(C)O.CC(C)(C)O.CC(C)(C)O.CC(C)(C)O.CC(C)(C)O.CC(C)(C)O.CC(C)(C)O.CC(C)(C)O.O.O.O.O.O.O.O.O.[CH3-].[CH3-].[CH3-].[CH3-].[CH3-].[Nb+2].[Nb+2].[Nb].[Nb].[Nb].[Nb]. The van der Waals surface area contributed by atoms with Gasteiger partial charge in [0.25, 0.3) is 0 Å². The van der Waals surface area contributed by atoms with Gasteiger partial charge in [-0.25, -0.2) is 0 Å². The molecule has 0 bridgehead atoms. The fourth-order valence-electron chi connectivity index (χ4n) is 0.609. The van der Waals surface area contributed by atoms with Crippen LogP contribution >= 0.6 is 0 Å². The van der Waals surface area contributed by atoms with Gasteiger partial charge in [-0.05, 0) is 228 Å². The second kappa shape index (κ2) is 97.6. The Kier molecular flexibility index (Phi) is 266. The van der Waals surface area contributed by atoms with Crippen molar-refractivity contribution in [1.82, 2.24) is 0 Å². The number of aliphatic hydroxyl groups is 11.